The SMILES string of the molecule is CCOc1ncccc1C1(NC(=O)N2CC(N3CCC(N4CCOCC4)CC3)C2)C(=O)N(S(=O)(=O)c2ccccc2OC)c2ccc(C#N)cc21. The number of ether oxygens (including phenoxy) is 3. The van der Waals surface area contributed by atoms with Gasteiger partial charge >= 0.3 is 6.03 Å². The zero-order valence-corrected chi connectivity index (χ0v) is 29.5. The number of anilines is 1. The molecule has 3 fully saturated rings. The lowest BCUT2D eigenvalue weighted by Gasteiger charge is -2.49. The molecule has 0 aliphatic carbocycles. The predicted molar refractivity (Wildman–Crippen MR) is 186 cm³/mol. The molecule has 5 heterocycles. The van der Waals surface area contributed by atoms with Gasteiger partial charge in [0, 0.05) is 63.1 Å². The van der Waals surface area contributed by atoms with E-state index in [4.69, 9.17) is 14.2 Å². The predicted octanol–water partition coefficient (Wildman–Crippen LogP) is 2.53. The lowest BCUT2D eigenvalue weighted by atomic mass is 9.83. The van der Waals surface area contributed by atoms with E-state index in [0.29, 0.717) is 23.4 Å². The maximum atomic E-state index is 15.1. The largest absolute Gasteiger partial charge is 0.495 e. The summed E-state index contributed by atoms with van der Waals surface area (Å²) in [4.78, 5) is 40.0. The van der Waals surface area contributed by atoms with Crippen LogP contribution >= 0.6 is 0 Å². The second-order valence-corrected chi connectivity index (χ2v) is 14.8. The van der Waals surface area contributed by atoms with Crippen LogP contribution in [-0.4, -0.2) is 118 Å². The van der Waals surface area contributed by atoms with Crippen molar-refractivity contribution >= 4 is 27.6 Å². The van der Waals surface area contributed by atoms with E-state index >= 15 is 4.79 Å². The summed E-state index contributed by atoms with van der Waals surface area (Å²) in [5.41, 5.74) is -1.71. The number of urea groups is 1. The molecule has 2 aromatic carbocycles. The minimum absolute atomic E-state index is 0.0128. The molecular weight excluding hydrogens is 675 g/mol. The van der Waals surface area contributed by atoms with E-state index in [9.17, 15) is 18.5 Å². The minimum atomic E-state index is -4.62. The Labute approximate surface area is 297 Å². The number of sulfonamides is 1. The van der Waals surface area contributed by atoms with Crippen LogP contribution in [0.1, 0.15) is 36.5 Å². The Morgan fingerprint density at radius 3 is 2.45 bits per heavy atom. The zero-order valence-electron chi connectivity index (χ0n) is 28.7. The first kappa shape index (κ1) is 34.7. The Bertz CT molecular complexity index is 1950. The van der Waals surface area contributed by atoms with E-state index in [2.05, 4.69) is 26.2 Å². The fourth-order valence-electron chi connectivity index (χ4n) is 7.66. The van der Waals surface area contributed by atoms with Gasteiger partial charge in [0.15, 0.2) is 5.54 Å². The fraction of sp³-hybridized carbons (Fsp3) is 0.444. The molecule has 14 nitrogen and oxygen atoms in total. The molecule has 4 aliphatic rings. The number of nitriles is 1. The number of nitrogens with zero attached hydrogens (tertiary/aromatic N) is 6. The quantitative estimate of drug-likeness (QED) is 0.347. The molecule has 1 N–H and O–H groups in total. The monoisotopic (exact) mass is 715 g/mol. The van der Waals surface area contributed by atoms with Crippen molar-refractivity contribution in [1.29, 1.82) is 5.26 Å². The lowest BCUT2D eigenvalue weighted by molar-refractivity contribution is -0.121. The first-order chi connectivity index (χ1) is 24.7. The van der Waals surface area contributed by atoms with Gasteiger partial charge in [-0.05, 0) is 62.2 Å². The molecule has 7 rings (SSSR count). The third kappa shape index (κ3) is 6.05. The zero-order chi connectivity index (χ0) is 35.8. The Balaban J connectivity index is 1.22. The number of rotatable bonds is 9. The van der Waals surface area contributed by atoms with E-state index in [-0.39, 0.29) is 51.6 Å². The van der Waals surface area contributed by atoms with Crippen LogP contribution in [0.4, 0.5) is 10.5 Å². The average Bonchev–Trinajstić information content (AvgIpc) is 3.39. The summed E-state index contributed by atoms with van der Waals surface area (Å²) in [5, 5.41) is 12.9. The Kier molecular flexibility index (Phi) is 9.60. The molecule has 1 unspecified atom stereocenters. The molecule has 0 bridgehead atoms. The number of carbonyl (C=O) groups excluding carboxylic acids is 2. The molecule has 3 aromatic rings. The Hall–Kier alpha value is -4.75. The number of morpholine rings is 1. The highest BCUT2D eigenvalue weighted by atomic mass is 32.2. The van der Waals surface area contributed by atoms with Gasteiger partial charge in [-0.15, -0.1) is 0 Å². The molecule has 15 heteroatoms. The number of nitrogens with one attached hydrogen (secondary N) is 1. The minimum Gasteiger partial charge on any atom is -0.495 e. The second kappa shape index (κ2) is 14.1. The van der Waals surface area contributed by atoms with Crippen LogP contribution in [-0.2, 0) is 25.1 Å². The maximum absolute atomic E-state index is 15.1. The van der Waals surface area contributed by atoms with Gasteiger partial charge in [-0.25, -0.2) is 18.2 Å². The van der Waals surface area contributed by atoms with Gasteiger partial charge in [0.2, 0.25) is 5.88 Å². The standard InChI is InChI=1S/C36H41N7O7S/c1-3-50-33-28(7-6-14-38-33)36(39-35(45)42-23-27(24-42)40-15-12-26(13-16-40)41-17-19-49-20-18-41)29-21-25(22-37)10-11-30(29)43(34(36)44)51(46,47)32-9-5-4-8-31(32)48-2/h4-11,14,21,26-27H,3,12-13,15-20,23-24H2,1-2H3,(H,39,45). The molecular formula is C36H41N7O7S. The first-order valence-corrected chi connectivity index (χ1v) is 18.7. The van der Waals surface area contributed by atoms with Crippen LogP contribution in [0.2, 0.25) is 0 Å². The van der Waals surface area contributed by atoms with Crippen molar-refractivity contribution < 1.29 is 32.2 Å². The number of methoxy groups -OCH3 is 1. The number of piperidine rings is 1. The highest BCUT2D eigenvalue weighted by molar-refractivity contribution is 7.93. The number of benzene rings is 2. The fourth-order valence-corrected chi connectivity index (χ4v) is 9.28. The summed E-state index contributed by atoms with van der Waals surface area (Å²) < 4.78 is 46.4. The smallest absolute Gasteiger partial charge is 0.318 e. The van der Waals surface area contributed by atoms with Crippen LogP contribution in [0.5, 0.6) is 11.6 Å². The third-order valence-corrected chi connectivity index (χ3v) is 12.1. The molecule has 1 atom stereocenters. The number of hydrogen-bond acceptors (Lipinski definition) is 11. The van der Waals surface area contributed by atoms with Crippen molar-refractivity contribution in [2.75, 3.05) is 70.5 Å². The average molecular weight is 716 g/mol. The van der Waals surface area contributed by atoms with Gasteiger partial charge in [-0.3, -0.25) is 14.6 Å². The summed E-state index contributed by atoms with van der Waals surface area (Å²) in [7, 11) is -3.28. The summed E-state index contributed by atoms with van der Waals surface area (Å²) in [5.74, 6) is -0.884. The van der Waals surface area contributed by atoms with Crippen LogP contribution < -0.4 is 19.1 Å². The van der Waals surface area contributed by atoms with Crippen molar-refractivity contribution in [3.8, 4) is 17.7 Å². The molecule has 268 valence electrons. The third-order valence-electron chi connectivity index (χ3n) is 10.3. The molecule has 3 amide bonds. The maximum Gasteiger partial charge on any atom is 0.318 e. The van der Waals surface area contributed by atoms with Crippen molar-refractivity contribution in [3.05, 3.63) is 77.5 Å². The van der Waals surface area contributed by atoms with E-state index in [1.807, 2.05) is 0 Å². The van der Waals surface area contributed by atoms with Gasteiger partial charge in [0.1, 0.15) is 10.6 Å². The van der Waals surface area contributed by atoms with Crippen LogP contribution in [0.3, 0.4) is 0 Å². The van der Waals surface area contributed by atoms with Crippen LogP contribution in [0.25, 0.3) is 0 Å². The molecule has 0 spiro atoms. The van der Waals surface area contributed by atoms with Crippen LogP contribution in [0.15, 0.2) is 65.7 Å². The van der Waals surface area contributed by atoms with Gasteiger partial charge in [0.05, 0.1) is 49.8 Å². The summed E-state index contributed by atoms with van der Waals surface area (Å²) in [6.07, 6.45) is 3.59. The number of pyridine rings is 1. The Morgan fingerprint density at radius 1 is 1.02 bits per heavy atom. The van der Waals surface area contributed by atoms with Crippen molar-refractivity contribution in [3.63, 3.8) is 0 Å². The Morgan fingerprint density at radius 2 is 1.75 bits per heavy atom. The first-order valence-electron chi connectivity index (χ1n) is 17.2. The lowest BCUT2D eigenvalue weighted by Crippen LogP contribution is -2.67. The number of carbonyl (C=O) groups is 2. The topological polar surface area (TPSA) is 158 Å². The summed E-state index contributed by atoms with van der Waals surface area (Å²) in [6.45, 7) is 8.15. The van der Waals surface area contributed by atoms with E-state index in [1.54, 1.807) is 30.0 Å². The van der Waals surface area contributed by atoms with Gasteiger partial charge in [-0.2, -0.15) is 9.57 Å². The molecule has 4 aliphatic heterocycles. The molecule has 1 aromatic heterocycles. The number of para-hydroxylation sites is 1. The number of aromatic nitrogens is 1. The number of likely N-dealkylation sites (tertiary alicyclic amines) is 2. The number of amides is 3. The second-order valence-electron chi connectivity index (χ2n) is 13.0. The number of hydrogen-bond donors (Lipinski definition) is 1. The molecule has 3 saturated heterocycles. The van der Waals surface area contributed by atoms with Crippen molar-refractivity contribution in [2.45, 2.75) is 42.3 Å². The molecule has 0 saturated carbocycles. The van der Waals surface area contributed by atoms with Crippen molar-refractivity contribution in [2.24, 2.45) is 0 Å². The van der Waals surface area contributed by atoms with E-state index in [0.717, 1.165) is 52.2 Å². The van der Waals surface area contributed by atoms with Gasteiger partial charge < -0.3 is 24.4 Å². The van der Waals surface area contributed by atoms with E-state index < -0.39 is 27.5 Å². The van der Waals surface area contributed by atoms with Gasteiger partial charge in [-0.1, -0.05) is 12.1 Å². The van der Waals surface area contributed by atoms with E-state index in [1.165, 1.54) is 49.7 Å². The molecule has 0 radical (unpaired) electrons. The summed E-state index contributed by atoms with van der Waals surface area (Å²) in [6, 6.07) is 15.7. The summed E-state index contributed by atoms with van der Waals surface area (Å²) >= 11 is 0. The number of fused-ring (bicyclic) bond motifs is 1. The van der Waals surface area contributed by atoms with Gasteiger partial charge in [0.25, 0.3) is 15.9 Å². The highest BCUT2D eigenvalue weighted by Gasteiger charge is 2.59. The highest BCUT2D eigenvalue weighted by Crippen LogP contribution is 2.50. The normalized spacial score (nSPS) is 21.9. The van der Waals surface area contributed by atoms with Crippen LogP contribution in [0, 0.1) is 11.3 Å². The molecule has 51 heavy (non-hydrogen) atoms. The van der Waals surface area contributed by atoms with Crippen molar-refractivity contribution in [1.82, 2.24) is 25.0 Å².